The van der Waals surface area contributed by atoms with Gasteiger partial charge in [-0.05, 0) is 37.1 Å². The summed E-state index contributed by atoms with van der Waals surface area (Å²) in [6.07, 6.45) is -1.35. The fourth-order valence-corrected chi connectivity index (χ4v) is 4.08. The molecule has 0 radical (unpaired) electrons. The average Bonchev–Trinajstić information content (AvgIpc) is 3.21. The third-order valence-electron chi connectivity index (χ3n) is 5.86. The molecule has 4 nitrogen and oxygen atoms in total. The van der Waals surface area contributed by atoms with Crippen LogP contribution in [0.25, 0.3) is 11.4 Å². The van der Waals surface area contributed by atoms with E-state index in [1.165, 1.54) is 12.1 Å². The molecule has 0 N–H and O–H groups in total. The van der Waals surface area contributed by atoms with E-state index in [1.807, 2.05) is 24.8 Å². The molecule has 196 valence electrons. The van der Waals surface area contributed by atoms with Crippen LogP contribution in [-0.2, 0) is 25.8 Å². The molecular weight excluding hydrogens is 477 g/mol. The molecule has 9 heteroatoms. The van der Waals surface area contributed by atoms with E-state index in [4.69, 9.17) is 0 Å². The molecule has 0 aliphatic carbocycles. The van der Waals surface area contributed by atoms with Gasteiger partial charge < -0.3 is 9.30 Å². The third-order valence-corrected chi connectivity index (χ3v) is 5.86. The van der Waals surface area contributed by atoms with Crippen molar-refractivity contribution >= 4 is 0 Å². The van der Waals surface area contributed by atoms with Crippen molar-refractivity contribution in [1.82, 2.24) is 14.5 Å². The van der Waals surface area contributed by atoms with Crippen LogP contribution in [-0.4, -0.2) is 27.6 Å². The second-order valence-corrected chi connectivity index (χ2v) is 8.69. The summed E-state index contributed by atoms with van der Waals surface area (Å²) in [5.74, 6) is 0.355. The van der Waals surface area contributed by atoms with E-state index in [-0.39, 0.29) is 18.0 Å². The minimum atomic E-state index is -4.60. The highest BCUT2D eigenvalue weighted by Crippen LogP contribution is 2.36. The van der Waals surface area contributed by atoms with Gasteiger partial charge in [0.15, 0.2) is 5.69 Å². The molecule has 0 amide bonds. The van der Waals surface area contributed by atoms with Crippen LogP contribution in [0.5, 0.6) is 5.75 Å². The van der Waals surface area contributed by atoms with Gasteiger partial charge in [0.25, 0.3) is 0 Å². The van der Waals surface area contributed by atoms with Crippen LogP contribution in [0.4, 0.5) is 22.0 Å². The minimum Gasteiger partial charge on any atom is -0.435 e. The predicted octanol–water partition coefficient (Wildman–Crippen LogP) is 7.77. The summed E-state index contributed by atoms with van der Waals surface area (Å²) in [7, 11) is 0. The van der Waals surface area contributed by atoms with Crippen LogP contribution < -0.4 is 4.74 Å². The zero-order valence-electron chi connectivity index (χ0n) is 20.6. The topological polar surface area (TPSA) is 30.3 Å². The van der Waals surface area contributed by atoms with Gasteiger partial charge in [-0.25, -0.2) is 4.98 Å². The molecule has 0 unspecified atom stereocenters. The second kappa shape index (κ2) is 12.9. The van der Waals surface area contributed by atoms with E-state index < -0.39 is 18.5 Å². The highest BCUT2D eigenvalue weighted by Gasteiger charge is 2.39. The number of hydrogen-bond acceptors (Lipinski definition) is 3. The van der Waals surface area contributed by atoms with Crippen LogP contribution >= 0.6 is 0 Å². The Morgan fingerprint density at radius 1 is 0.917 bits per heavy atom. The summed E-state index contributed by atoms with van der Waals surface area (Å²) in [5.41, 5.74) is 0.715. The van der Waals surface area contributed by atoms with Gasteiger partial charge in [0, 0.05) is 25.2 Å². The molecule has 3 aromatic rings. The number of imidazole rings is 1. The van der Waals surface area contributed by atoms with Crippen LogP contribution in [0.3, 0.4) is 0 Å². The molecule has 2 aromatic carbocycles. The first-order chi connectivity index (χ1) is 17.2. The lowest BCUT2D eigenvalue weighted by atomic mass is 10.1. The van der Waals surface area contributed by atoms with Crippen LogP contribution in [0.1, 0.15) is 56.5 Å². The zero-order valence-corrected chi connectivity index (χ0v) is 20.6. The van der Waals surface area contributed by atoms with Crippen LogP contribution in [0, 0.1) is 0 Å². The van der Waals surface area contributed by atoms with Gasteiger partial charge in [-0.15, -0.1) is 0 Å². The normalized spacial score (nSPS) is 12.0. The number of alkyl halides is 5. The van der Waals surface area contributed by atoms with Crippen molar-refractivity contribution in [3.05, 3.63) is 71.5 Å². The Morgan fingerprint density at radius 2 is 1.58 bits per heavy atom. The highest BCUT2D eigenvalue weighted by atomic mass is 19.4. The summed E-state index contributed by atoms with van der Waals surface area (Å²) in [4.78, 5) is 6.06. The van der Waals surface area contributed by atoms with Gasteiger partial charge in [0.05, 0.1) is 5.69 Å². The van der Waals surface area contributed by atoms with Gasteiger partial charge in [-0.1, -0.05) is 69.2 Å². The Hall–Kier alpha value is -2.94. The Labute approximate surface area is 208 Å². The summed E-state index contributed by atoms with van der Waals surface area (Å²) in [6.45, 7) is 2.55. The first-order valence-corrected chi connectivity index (χ1v) is 12.2. The summed E-state index contributed by atoms with van der Waals surface area (Å²) >= 11 is 0. The maximum absolute atomic E-state index is 14.2. The molecule has 0 fully saturated rings. The number of unbranched alkanes of at least 4 members (excludes halogenated alkanes) is 2. The first-order valence-electron chi connectivity index (χ1n) is 12.2. The molecule has 0 atom stereocenters. The lowest BCUT2D eigenvalue weighted by Gasteiger charge is -2.24. The zero-order chi connectivity index (χ0) is 26.1. The van der Waals surface area contributed by atoms with Crippen molar-refractivity contribution in [3.63, 3.8) is 0 Å². The number of halogens is 5. The van der Waals surface area contributed by atoms with E-state index >= 15 is 0 Å². The molecule has 0 aliphatic heterocycles. The third kappa shape index (κ3) is 7.53. The lowest BCUT2D eigenvalue weighted by Crippen LogP contribution is -2.27. The van der Waals surface area contributed by atoms with E-state index in [2.05, 4.69) is 9.72 Å². The summed E-state index contributed by atoms with van der Waals surface area (Å²) in [5, 5.41) is 0. The standard InChI is InChI=1S/C27H32F5N3O/c1-3-5-16-34(18-20-12-14-22(15-13-20)36-26(28)29)19-23-24(27(30,31)32)33-25(35(23)17-6-4-2)21-10-8-7-9-11-21/h7-15,26H,3-6,16-19H2,1-2H3. The molecule has 0 spiro atoms. The maximum atomic E-state index is 14.2. The van der Waals surface area contributed by atoms with Gasteiger partial charge in [0.1, 0.15) is 11.6 Å². The molecule has 0 saturated carbocycles. The predicted molar refractivity (Wildman–Crippen MR) is 130 cm³/mol. The van der Waals surface area contributed by atoms with Crippen molar-refractivity contribution in [2.75, 3.05) is 6.54 Å². The number of rotatable bonds is 13. The maximum Gasteiger partial charge on any atom is 0.435 e. The quantitative estimate of drug-likeness (QED) is 0.221. The second-order valence-electron chi connectivity index (χ2n) is 8.69. The number of ether oxygens (including phenoxy) is 1. The van der Waals surface area contributed by atoms with Crippen molar-refractivity contribution in [2.24, 2.45) is 0 Å². The van der Waals surface area contributed by atoms with Crippen molar-refractivity contribution < 1.29 is 26.7 Å². The van der Waals surface area contributed by atoms with Crippen molar-refractivity contribution in [1.29, 1.82) is 0 Å². The molecule has 0 aliphatic rings. The molecule has 0 saturated heterocycles. The smallest absolute Gasteiger partial charge is 0.435 e. The molecule has 36 heavy (non-hydrogen) atoms. The fraction of sp³-hybridized carbons (Fsp3) is 0.444. The Bertz CT molecular complexity index is 1070. The van der Waals surface area contributed by atoms with Gasteiger partial charge in [-0.3, -0.25) is 4.90 Å². The summed E-state index contributed by atoms with van der Waals surface area (Å²) < 4.78 is 73.6. The summed E-state index contributed by atoms with van der Waals surface area (Å²) in [6, 6.07) is 15.1. The molecule has 3 rings (SSSR count). The Kier molecular flexibility index (Phi) is 9.87. The highest BCUT2D eigenvalue weighted by molar-refractivity contribution is 5.57. The number of nitrogens with zero attached hydrogens (tertiary/aromatic N) is 3. The van der Waals surface area contributed by atoms with E-state index in [0.29, 0.717) is 31.0 Å². The fourth-order valence-electron chi connectivity index (χ4n) is 4.08. The first kappa shape index (κ1) is 27.6. The minimum absolute atomic E-state index is 0.0401. The van der Waals surface area contributed by atoms with Gasteiger partial charge >= 0.3 is 12.8 Å². The molecule has 1 aromatic heterocycles. The Morgan fingerprint density at radius 3 is 2.17 bits per heavy atom. The monoisotopic (exact) mass is 509 g/mol. The number of benzene rings is 2. The largest absolute Gasteiger partial charge is 0.435 e. The van der Waals surface area contributed by atoms with Gasteiger partial charge in [-0.2, -0.15) is 22.0 Å². The number of hydrogen-bond donors (Lipinski definition) is 0. The van der Waals surface area contributed by atoms with E-state index in [1.54, 1.807) is 41.0 Å². The molecular formula is C27H32F5N3O. The van der Waals surface area contributed by atoms with Crippen molar-refractivity contribution in [3.8, 4) is 17.1 Å². The molecule has 1 heterocycles. The van der Waals surface area contributed by atoms with Gasteiger partial charge in [0.2, 0.25) is 0 Å². The average molecular weight is 510 g/mol. The van der Waals surface area contributed by atoms with E-state index in [9.17, 15) is 22.0 Å². The Balaban J connectivity index is 1.98. The number of aromatic nitrogens is 2. The molecule has 0 bridgehead atoms. The SMILES string of the molecule is CCCCN(Cc1ccc(OC(F)F)cc1)Cc1c(C(F)(F)F)nc(-c2ccccc2)n1CCCC. The van der Waals surface area contributed by atoms with Crippen LogP contribution in [0.2, 0.25) is 0 Å². The lowest BCUT2D eigenvalue weighted by molar-refractivity contribution is -0.141. The van der Waals surface area contributed by atoms with E-state index in [0.717, 1.165) is 31.2 Å². The van der Waals surface area contributed by atoms with Crippen molar-refractivity contribution in [2.45, 2.75) is 72.0 Å². The van der Waals surface area contributed by atoms with Crippen LogP contribution in [0.15, 0.2) is 54.6 Å².